The molecule has 0 radical (unpaired) electrons. The number of aryl methyl sites for hydroxylation is 1. The summed E-state index contributed by atoms with van der Waals surface area (Å²) in [7, 11) is 3.68. The zero-order valence-electron chi connectivity index (χ0n) is 20.6. The predicted octanol–water partition coefficient (Wildman–Crippen LogP) is 4.74. The number of hydrogen-bond acceptors (Lipinski definition) is 4. The maximum Gasteiger partial charge on any atom is 0.194 e. The second-order valence-corrected chi connectivity index (χ2v) is 9.72. The first-order valence-electron chi connectivity index (χ1n) is 12.4. The van der Waals surface area contributed by atoms with Crippen molar-refractivity contribution in [2.24, 2.45) is 7.05 Å². The van der Waals surface area contributed by atoms with Crippen molar-refractivity contribution < 1.29 is 4.74 Å². The molecule has 2 heterocycles. The molecule has 5 nitrogen and oxygen atoms in total. The first-order chi connectivity index (χ1) is 17.1. The molecule has 0 N–H and O–H groups in total. The number of nitrogens with zero attached hydrogens (tertiary/aromatic N) is 3. The highest BCUT2D eigenvalue weighted by atomic mass is 16.5. The van der Waals surface area contributed by atoms with Crippen LogP contribution in [0.4, 0.5) is 0 Å². The third-order valence-electron chi connectivity index (χ3n) is 7.98. The van der Waals surface area contributed by atoms with E-state index in [9.17, 15) is 4.79 Å². The summed E-state index contributed by atoms with van der Waals surface area (Å²) in [6.07, 6.45) is 0. The van der Waals surface area contributed by atoms with E-state index in [1.165, 1.54) is 22.3 Å². The summed E-state index contributed by atoms with van der Waals surface area (Å²) in [6, 6.07) is 23.7. The van der Waals surface area contributed by atoms with Gasteiger partial charge in [-0.2, -0.15) is 0 Å². The fourth-order valence-corrected chi connectivity index (χ4v) is 5.94. The number of hydrogen-bond donors (Lipinski definition) is 0. The molecule has 0 bridgehead atoms. The van der Waals surface area contributed by atoms with E-state index in [4.69, 9.17) is 4.74 Å². The van der Waals surface area contributed by atoms with E-state index in [2.05, 4.69) is 69.8 Å². The van der Waals surface area contributed by atoms with Gasteiger partial charge < -0.3 is 9.30 Å². The van der Waals surface area contributed by atoms with Crippen molar-refractivity contribution in [3.63, 3.8) is 0 Å². The van der Waals surface area contributed by atoms with Crippen molar-refractivity contribution in [1.29, 1.82) is 0 Å². The average molecular weight is 466 g/mol. The molecule has 0 unspecified atom stereocenters. The third-order valence-corrected chi connectivity index (χ3v) is 7.98. The van der Waals surface area contributed by atoms with Crippen molar-refractivity contribution in [2.45, 2.75) is 19.5 Å². The third kappa shape index (κ3) is 3.58. The van der Waals surface area contributed by atoms with Gasteiger partial charge in [0.1, 0.15) is 5.75 Å². The number of benzene rings is 3. The van der Waals surface area contributed by atoms with Crippen LogP contribution in [0.1, 0.15) is 28.4 Å². The first kappa shape index (κ1) is 22.1. The lowest BCUT2D eigenvalue weighted by atomic mass is 10.0. The number of ether oxygens (including phenoxy) is 1. The summed E-state index contributed by atoms with van der Waals surface area (Å²) >= 11 is 0. The number of rotatable bonds is 4. The van der Waals surface area contributed by atoms with E-state index in [0.29, 0.717) is 12.6 Å². The van der Waals surface area contributed by atoms with Crippen LogP contribution in [0.2, 0.25) is 0 Å². The highest BCUT2D eigenvalue weighted by Crippen LogP contribution is 2.46. The molecule has 1 fully saturated rings. The molecule has 1 aromatic heterocycles. The lowest BCUT2D eigenvalue weighted by molar-refractivity contribution is 0.106. The van der Waals surface area contributed by atoms with Gasteiger partial charge in [-0.25, -0.2) is 0 Å². The van der Waals surface area contributed by atoms with Gasteiger partial charge in [0.15, 0.2) is 5.43 Å². The van der Waals surface area contributed by atoms with Crippen LogP contribution in [0.5, 0.6) is 5.75 Å². The molecular weight excluding hydrogens is 434 g/mol. The molecule has 0 spiro atoms. The first-order valence-corrected chi connectivity index (χ1v) is 12.4. The summed E-state index contributed by atoms with van der Waals surface area (Å²) < 4.78 is 7.52. The quantitative estimate of drug-likeness (QED) is 0.436. The smallest absolute Gasteiger partial charge is 0.194 e. The Morgan fingerprint density at radius 2 is 1.51 bits per heavy atom. The molecule has 2 aliphatic rings. The standard InChI is InChI=1S/C30H31N3O2/c1-20-27(30(34)26-18-21(35-3)12-13-28(26)31(20)2)19-32-14-16-33(17-15-32)29-24-10-6-4-8-22(24)23-9-5-7-11-25(23)29/h4-13,18,29H,14-17,19H2,1-3H3. The molecule has 3 aromatic carbocycles. The lowest BCUT2D eigenvalue weighted by Gasteiger charge is -2.39. The minimum Gasteiger partial charge on any atom is -0.497 e. The van der Waals surface area contributed by atoms with Gasteiger partial charge in [-0.05, 0) is 47.4 Å². The van der Waals surface area contributed by atoms with Gasteiger partial charge in [0.05, 0.1) is 18.7 Å². The predicted molar refractivity (Wildman–Crippen MR) is 141 cm³/mol. The largest absolute Gasteiger partial charge is 0.497 e. The fraction of sp³-hybridized carbons (Fsp3) is 0.300. The van der Waals surface area contributed by atoms with E-state index in [1.54, 1.807) is 7.11 Å². The number of pyridine rings is 1. The van der Waals surface area contributed by atoms with Crippen LogP contribution in [0.15, 0.2) is 71.5 Å². The summed E-state index contributed by atoms with van der Waals surface area (Å²) in [4.78, 5) is 18.5. The Bertz CT molecular complexity index is 1440. The van der Waals surface area contributed by atoms with E-state index in [1.807, 2.05) is 25.2 Å². The monoisotopic (exact) mass is 465 g/mol. The number of fused-ring (bicyclic) bond motifs is 4. The molecule has 0 saturated carbocycles. The van der Waals surface area contributed by atoms with Crippen LogP contribution in [-0.2, 0) is 13.6 Å². The summed E-state index contributed by atoms with van der Waals surface area (Å²) in [5.41, 5.74) is 8.54. The topological polar surface area (TPSA) is 37.7 Å². The minimum atomic E-state index is 0.121. The minimum absolute atomic E-state index is 0.121. The van der Waals surface area contributed by atoms with E-state index >= 15 is 0 Å². The zero-order valence-corrected chi connectivity index (χ0v) is 20.6. The van der Waals surface area contributed by atoms with E-state index in [0.717, 1.165) is 54.1 Å². The Morgan fingerprint density at radius 3 is 2.14 bits per heavy atom. The second kappa shape index (κ2) is 8.67. The Morgan fingerprint density at radius 1 is 0.886 bits per heavy atom. The number of piperazine rings is 1. The van der Waals surface area contributed by atoms with Crippen molar-refractivity contribution in [3.05, 3.63) is 99.3 Å². The van der Waals surface area contributed by atoms with Crippen LogP contribution >= 0.6 is 0 Å². The van der Waals surface area contributed by atoms with Gasteiger partial charge in [-0.3, -0.25) is 14.6 Å². The SMILES string of the molecule is COc1ccc2c(c1)c(=O)c(CN1CCN(C3c4ccccc4-c4ccccc43)CC1)c(C)n2C. The average Bonchev–Trinajstić information content (AvgIpc) is 3.24. The number of methoxy groups -OCH3 is 1. The number of aromatic nitrogens is 1. The molecule has 1 aliphatic heterocycles. The highest BCUT2D eigenvalue weighted by molar-refractivity contribution is 5.82. The van der Waals surface area contributed by atoms with E-state index < -0.39 is 0 Å². The summed E-state index contributed by atoms with van der Waals surface area (Å²) in [6.45, 7) is 6.59. The van der Waals surface area contributed by atoms with E-state index in [-0.39, 0.29) is 5.43 Å². The molecule has 4 aromatic rings. The Balaban J connectivity index is 1.25. The summed E-state index contributed by atoms with van der Waals surface area (Å²) in [5, 5.41) is 0.727. The zero-order chi connectivity index (χ0) is 24.1. The fourth-order valence-electron chi connectivity index (χ4n) is 5.94. The van der Waals surface area contributed by atoms with Gasteiger partial charge in [0.25, 0.3) is 0 Å². The van der Waals surface area contributed by atoms with Crippen molar-refractivity contribution >= 4 is 10.9 Å². The van der Waals surface area contributed by atoms with Gasteiger partial charge in [0.2, 0.25) is 0 Å². The molecule has 35 heavy (non-hydrogen) atoms. The maximum atomic E-state index is 13.5. The van der Waals surface area contributed by atoms with Crippen LogP contribution in [-0.4, -0.2) is 47.7 Å². The molecule has 0 amide bonds. The van der Waals surface area contributed by atoms with Crippen LogP contribution in [0.3, 0.4) is 0 Å². The molecule has 1 aliphatic carbocycles. The van der Waals surface area contributed by atoms with Gasteiger partial charge in [-0.1, -0.05) is 48.5 Å². The van der Waals surface area contributed by atoms with Crippen LogP contribution in [0, 0.1) is 6.92 Å². The highest BCUT2D eigenvalue weighted by Gasteiger charge is 2.34. The second-order valence-electron chi connectivity index (χ2n) is 9.72. The van der Waals surface area contributed by atoms with Crippen LogP contribution in [0.25, 0.3) is 22.0 Å². The Hall–Kier alpha value is -3.41. The van der Waals surface area contributed by atoms with Crippen molar-refractivity contribution in [3.8, 4) is 16.9 Å². The van der Waals surface area contributed by atoms with Gasteiger partial charge in [0, 0.05) is 56.4 Å². The Kier molecular flexibility index (Phi) is 5.47. The van der Waals surface area contributed by atoms with Crippen LogP contribution < -0.4 is 10.2 Å². The Labute approximate surface area is 206 Å². The lowest BCUT2D eigenvalue weighted by Crippen LogP contribution is -2.47. The van der Waals surface area contributed by atoms with Crippen molar-refractivity contribution in [1.82, 2.24) is 14.4 Å². The van der Waals surface area contributed by atoms with Gasteiger partial charge >= 0.3 is 0 Å². The maximum absolute atomic E-state index is 13.5. The molecule has 6 rings (SSSR count). The summed E-state index contributed by atoms with van der Waals surface area (Å²) in [5.74, 6) is 0.718. The normalized spacial score (nSPS) is 16.4. The molecular formula is C30H31N3O2. The molecule has 178 valence electrons. The molecule has 5 heteroatoms. The van der Waals surface area contributed by atoms with Gasteiger partial charge in [-0.15, -0.1) is 0 Å². The molecule has 0 atom stereocenters. The molecule has 1 saturated heterocycles. The van der Waals surface area contributed by atoms with Crippen molar-refractivity contribution in [2.75, 3.05) is 33.3 Å².